The fourth-order valence-electron chi connectivity index (χ4n) is 3.54. The SMILES string of the molecule is CC.CC.CC.COc1ccc(C(OCCCCCO)(c2ccccc2)c2ccccc2)cc1. The van der Waals surface area contributed by atoms with Crippen LogP contribution in [0.25, 0.3) is 0 Å². The molecule has 0 aromatic heterocycles. The highest BCUT2D eigenvalue weighted by molar-refractivity contribution is 5.48. The minimum atomic E-state index is -0.700. The van der Waals surface area contributed by atoms with Crippen LogP contribution < -0.4 is 4.74 Å². The Morgan fingerprint density at radius 1 is 0.588 bits per heavy atom. The van der Waals surface area contributed by atoms with Gasteiger partial charge in [-0.15, -0.1) is 0 Å². The van der Waals surface area contributed by atoms with Crippen molar-refractivity contribution in [2.24, 2.45) is 0 Å². The molecule has 0 amide bonds. The molecule has 188 valence electrons. The van der Waals surface area contributed by atoms with Gasteiger partial charge >= 0.3 is 0 Å². The molecule has 0 spiro atoms. The number of unbranched alkanes of at least 4 members (excludes halogenated alkanes) is 2. The molecule has 3 aromatic rings. The second-order valence-electron chi connectivity index (χ2n) is 6.77. The van der Waals surface area contributed by atoms with Crippen molar-refractivity contribution < 1.29 is 14.6 Å². The van der Waals surface area contributed by atoms with Gasteiger partial charge in [-0.1, -0.05) is 114 Å². The molecule has 0 unspecified atom stereocenters. The molecule has 0 fully saturated rings. The van der Waals surface area contributed by atoms with Crippen LogP contribution in [0.2, 0.25) is 0 Å². The molecule has 0 aliphatic carbocycles. The molecule has 34 heavy (non-hydrogen) atoms. The molecule has 0 saturated heterocycles. The summed E-state index contributed by atoms with van der Waals surface area (Å²) in [5.74, 6) is 0.821. The molecule has 3 rings (SSSR count). The third kappa shape index (κ3) is 8.96. The molecular formula is C31H46O3. The Bertz CT molecular complexity index is 775. The Morgan fingerprint density at radius 3 is 1.44 bits per heavy atom. The first-order valence-corrected chi connectivity index (χ1v) is 12.8. The van der Waals surface area contributed by atoms with Gasteiger partial charge in [-0.3, -0.25) is 0 Å². The monoisotopic (exact) mass is 466 g/mol. The summed E-state index contributed by atoms with van der Waals surface area (Å²) in [7, 11) is 1.67. The van der Waals surface area contributed by atoms with E-state index in [2.05, 4.69) is 36.4 Å². The summed E-state index contributed by atoms with van der Waals surface area (Å²) in [6.07, 6.45) is 2.65. The first-order chi connectivity index (χ1) is 16.8. The van der Waals surface area contributed by atoms with E-state index in [0.29, 0.717) is 6.61 Å². The Kier molecular flexibility index (Phi) is 18.3. The van der Waals surface area contributed by atoms with Crippen LogP contribution >= 0.6 is 0 Å². The number of aliphatic hydroxyl groups is 1. The molecule has 0 saturated carbocycles. The van der Waals surface area contributed by atoms with Crippen LogP contribution in [0.5, 0.6) is 5.75 Å². The summed E-state index contributed by atoms with van der Waals surface area (Å²) >= 11 is 0. The van der Waals surface area contributed by atoms with Crippen LogP contribution in [0.15, 0.2) is 84.9 Å². The lowest BCUT2D eigenvalue weighted by atomic mass is 9.80. The number of hydrogen-bond acceptors (Lipinski definition) is 3. The van der Waals surface area contributed by atoms with Gasteiger partial charge in [0.25, 0.3) is 0 Å². The summed E-state index contributed by atoms with van der Waals surface area (Å²) in [4.78, 5) is 0. The Hall–Kier alpha value is -2.62. The van der Waals surface area contributed by atoms with Crippen molar-refractivity contribution in [1.29, 1.82) is 0 Å². The van der Waals surface area contributed by atoms with Gasteiger partial charge in [0.15, 0.2) is 0 Å². The van der Waals surface area contributed by atoms with Gasteiger partial charge in [0, 0.05) is 13.2 Å². The summed E-state index contributed by atoms with van der Waals surface area (Å²) in [6, 6.07) is 28.8. The smallest absolute Gasteiger partial charge is 0.143 e. The second kappa shape index (κ2) is 19.8. The lowest BCUT2D eigenvalue weighted by Crippen LogP contribution is -2.33. The Morgan fingerprint density at radius 2 is 1.03 bits per heavy atom. The third-order valence-corrected chi connectivity index (χ3v) is 4.98. The second-order valence-corrected chi connectivity index (χ2v) is 6.77. The van der Waals surface area contributed by atoms with E-state index in [1.165, 1.54) is 0 Å². The zero-order chi connectivity index (χ0) is 25.7. The summed E-state index contributed by atoms with van der Waals surface area (Å²) in [6.45, 7) is 12.8. The molecular weight excluding hydrogens is 420 g/mol. The topological polar surface area (TPSA) is 38.7 Å². The quantitative estimate of drug-likeness (QED) is 0.241. The number of hydrogen-bond donors (Lipinski definition) is 1. The standard InChI is InChI=1S/C25H28O3.3C2H6/c1-27-24-17-15-23(16-18-24)25(21-11-5-2-6-12-21,22-13-7-3-8-14-22)28-20-10-4-9-19-26;3*1-2/h2-3,5-8,11-18,26H,4,9-10,19-20H2,1H3;3*1-2H3. The summed E-state index contributed by atoms with van der Waals surface area (Å²) in [5.41, 5.74) is 2.54. The third-order valence-electron chi connectivity index (χ3n) is 4.98. The minimum Gasteiger partial charge on any atom is -0.497 e. The van der Waals surface area contributed by atoms with Gasteiger partial charge in [0.1, 0.15) is 11.4 Å². The normalized spacial score (nSPS) is 9.88. The molecule has 0 radical (unpaired) electrons. The number of methoxy groups -OCH3 is 1. The van der Waals surface area contributed by atoms with E-state index in [1.807, 2.05) is 90.1 Å². The molecule has 3 heteroatoms. The highest BCUT2D eigenvalue weighted by Gasteiger charge is 2.37. The molecule has 0 bridgehead atoms. The Labute approximate surface area is 208 Å². The molecule has 3 aromatic carbocycles. The fraction of sp³-hybridized carbons (Fsp3) is 0.419. The van der Waals surface area contributed by atoms with E-state index in [4.69, 9.17) is 14.6 Å². The van der Waals surface area contributed by atoms with E-state index in [9.17, 15) is 0 Å². The minimum absolute atomic E-state index is 0.223. The van der Waals surface area contributed by atoms with Crippen molar-refractivity contribution in [2.45, 2.75) is 66.4 Å². The van der Waals surface area contributed by atoms with E-state index in [1.54, 1.807) is 7.11 Å². The van der Waals surface area contributed by atoms with E-state index >= 15 is 0 Å². The predicted molar refractivity (Wildman–Crippen MR) is 147 cm³/mol. The van der Waals surface area contributed by atoms with E-state index in [-0.39, 0.29) is 6.61 Å². The lowest BCUT2D eigenvalue weighted by molar-refractivity contribution is 0.0103. The maximum atomic E-state index is 9.06. The average Bonchev–Trinajstić information content (AvgIpc) is 2.95. The van der Waals surface area contributed by atoms with Crippen LogP contribution in [0.3, 0.4) is 0 Å². The van der Waals surface area contributed by atoms with Gasteiger partial charge in [-0.2, -0.15) is 0 Å². The van der Waals surface area contributed by atoms with E-state index < -0.39 is 5.60 Å². The highest BCUT2D eigenvalue weighted by Crippen LogP contribution is 2.41. The van der Waals surface area contributed by atoms with Crippen LogP contribution in [0.4, 0.5) is 0 Å². The van der Waals surface area contributed by atoms with Crippen molar-refractivity contribution in [1.82, 2.24) is 0 Å². The Balaban J connectivity index is 0.00000168. The zero-order valence-corrected chi connectivity index (χ0v) is 22.4. The van der Waals surface area contributed by atoms with Crippen LogP contribution in [-0.2, 0) is 10.3 Å². The van der Waals surface area contributed by atoms with Crippen LogP contribution in [-0.4, -0.2) is 25.4 Å². The van der Waals surface area contributed by atoms with Crippen molar-refractivity contribution >= 4 is 0 Å². The number of rotatable bonds is 10. The molecule has 3 nitrogen and oxygen atoms in total. The summed E-state index contributed by atoms with van der Waals surface area (Å²) in [5, 5.41) is 9.06. The van der Waals surface area contributed by atoms with Gasteiger partial charge in [-0.25, -0.2) is 0 Å². The number of ether oxygens (including phenoxy) is 2. The maximum Gasteiger partial charge on any atom is 0.143 e. The van der Waals surface area contributed by atoms with Gasteiger partial charge in [0.2, 0.25) is 0 Å². The largest absolute Gasteiger partial charge is 0.497 e. The van der Waals surface area contributed by atoms with Crippen LogP contribution in [0, 0.1) is 0 Å². The van der Waals surface area contributed by atoms with Gasteiger partial charge < -0.3 is 14.6 Å². The molecule has 1 N–H and O–H groups in total. The van der Waals surface area contributed by atoms with Crippen LogP contribution in [0.1, 0.15) is 77.5 Å². The fourth-order valence-corrected chi connectivity index (χ4v) is 3.54. The van der Waals surface area contributed by atoms with Crippen molar-refractivity contribution in [3.63, 3.8) is 0 Å². The average molecular weight is 467 g/mol. The van der Waals surface area contributed by atoms with Crippen molar-refractivity contribution in [2.75, 3.05) is 20.3 Å². The number of benzene rings is 3. The van der Waals surface area contributed by atoms with E-state index in [0.717, 1.165) is 41.7 Å². The first kappa shape index (κ1) is 31.4. The van der Waals surface area contributed by atoms with Gasteiger partial charge in [-0.05, 0) is 48.1 Å². The zero-order valence-electron chi connectivity index (χ0n) is 22.4. The lowest BCUT2D eigenvalue weighted by Gasteiger charge is -2.36. The molecule has 0 atom stereocenters. The maximum absolute atomic E-state index is 9.06. The molecule has 0 aliphatic rings. The summed E-state index contributed by atoms with van der Waals surface area (Å²) < 4.78 is 12.0. The van der Waals surface area contributed by atoms with Gasteiger partial charge in [0.05, 0.1) is 7.11 Å². The molecule has 0 heterocycles. The predicted octanol–water partition coefficient (Wildman–Crippen LogP) is 8.24. The molecule has 0 aliphatic heterocycles. The number of aliphatic hydroxyl groups excluding tert-OH is 1. The first-order valence-electron chi connectivity index (χ1n) is 12.8. The van der Waals surface area contributed by atoms with Crippen molar-refractivity contribution in [3.8, 4) is 5.75 Å². The highest BCUT2D eigenvalue weighted by atomic mass is 16.5. The van der Waals surface area contributed by atoms with Crippen molar-refractivity contribution in [3.05, 3.63) is 102 Å².